The number of carboxylic acid groups (broad SMARTS) is 1. The van der Waals surface area contributed by atoms with Gasteiger partial charge in [-0.3, -0.25) is 9.59 Å². The van der Waals surface area contributed by atoms with Crippen LogP contribution >= 0.6 is 22.6 Å². The fourth-order valence-electron chi connectivity index (χ4n) is 4.08. The number of rotatable bonds is 8. The molecule has 1 unspecified atom stereocenters. The van der Waals surface area contributed by atoms with E-state index in [9.17, 15) is 14.4 Å². The number of hydrogen-bond donors (Lipinski definition) is 3. The smallest absolute Gasteiger partial charge is 0.407 e. The van der Waals surface area contributed by atoms with Crippen molar-refractivity contribution in [1.29, 1.82) is 0 Å². The van der Waals surface area contributed by atoms with Crippen LogP contribution in [0.5, 0.6) is 0 Å². The Morgan fingerprint density at radius 3 is 2.09 bits per heavy atom. The fraction of sp³-hybridized carbons (Fsp3) is 0.192. The minimum atomic E-state index is -1.05. The highest BCUT2D eigenvalue weighted by atomic mass is 127. The maximum atomic E-state index is 12.8. The quantitative estimate of drug-likeness (QED) is 0.331. The first-order valence-electron chi connectivity index (χ1n) is 10.8. The largest absolute Gasteiger partial charge is 0.481 e. The number of anilines is 1. The Balaban J connectivity index is 1.42. The number of amides is 2. The number of nitrogens with one attached hydrogen (secondary N) is 2. The Bertz CT molecular complexity index is 1170. The average Bonchev–Trinajstić information content (AvgIpc) is 3.15. The van der Waals surface area contributed by atoms with Gasteiger partial charge in [0.25, 0.3) is 0 Å². The van der Waals surface area contributed by atoms with Crippen molar-refractivity contribution in [2.75, 3.05) is 11.9 Å². The number of carboxylic acids is 1. The third-order valence-corrected chi connectivity index (χ3v) is 6.43. The highest BCUT2D eigenvalue weighted by molar-refractivity contribution is 14.1. The molecule has 2 amide bonds. The lowest BCUT2D eigenvalue weighted by molar-refractivity contribution is -0.137. The molecule has 4 rings (SSSR count). The van der Waals surface area contributed by atoms with Gasteiger partial charge in [-0.05, 0) is 75.5 Å². The maximum Gasteiger partial charge on any atom is 0.407 e. The van der Waals surface area contributed by atoms with E-state index >= 15 is 0 Å². The summed E-state index contributed by atoms with van der Waals surface area (Å²) in [5, 5.41) is 14.3. The summed E-state index contributed by atoms with van der Waals surface area (Å²) in [5.74, 6) is -1.67. The average molecular weight is 570 g/mol. The normalized spacial score (nSPS) is 12.9. The van der Waals surface area contributed by atoms with Crippen molar-refractivity contribution in [3.8, 4) is 11.1 Å². The Hall–Kier alpha value is -3.40. The van der Waals surface area contributed by atoms with Crippen LogP contribution in [-0.2, 0) is 14.3 Å². The second-order valence-corrected chi connectivity index (χ2v) is 9.20. The molecule has 1 atom stereocenters. The summed E-state index contributed by atoms with van der Waals surface area (Å²) < 4.78 is 6.52. The number of hydrogen-bond acceptors (Lipinski definition) is 4. The summed E-state index contributed by atoms with van der Waals surface area (Å²) >= 11 is 2.15. The second kappa shape index (κ2) is 10.7. The number of carbonyl (C=O) groups excluding carboxylic acids is 2. The number of alkyl carbamates (subject to hydrolysis) is 1. The minimum absolute atomic E-state index is 0.0598. The van der Waals surface area contributed by atoms with Crippen molar-refractivity contribution in [2.45, 2.75) is 24.8 Å². The van der Waals surface area contributed by atoms with Gasteiger partial charge >= 0.3 is 12.1 Å². The Kier molecular flexibility index (Phi) is 7.46. The molecule has 0 bridgehead atoms. The monoisotopic (exact) mass is 570 g/mol. The number of ether oxygens (including phenoxy) is 1. The summed E-state index contributed by atoms with van der Waals surface area (Å²) in [5.41, 5.74) is 4.94. The molecule has 0 saturated carbocycles. The van der Waals surface area contributed by atoms with E-state index in [1.165, 1.54) is 0 Å². The van der Waals surface area contributed by atoms with Gasteiger partial charge in [-0.15, -0.1) is 0 Å². The van der Waals surface area contributed by atoms with Crippen molar-refractivity contribution in [3.05, 3.63) is 87.5 Å². The van der Waals surface area contributed by atoms with Gasteiger partial charge < -0.3 is 20.5 Å². The van der Waals surface area contributed by atoms with Crippen LogP contribution in [0.4, 0.5) is 10.5 Å². The van der Waals surface area contributed by atoms with E-state index in [0.29, 0.717) is 5.69 Å². The summed E-state index contributed by atoms with van der Waals surface area (Å²) in [4.78, 5) is 36.4. The predicted octanol–water partition coefficient (Wildman–Crippen LogP) is 5.00. The Morgan fingerprint density at radius 1 is 0.912 bits per heavy atom. The Labute approximate surface area is 210 Å². The SMILES string of the molecule is O=C(O)CCC(NC(=O)OCC1c2ccccc2-c2ccccc21)C(=O)Nc1ccc(I)cc1. The van der Waals surface area contributed by atoms with E-state index in [1.807, 2.05) is 60.7 Å². The molecule has 0 aliphatic heterocycles. The maximum absolute atomic E-state index is 12.8. The minimum Gasteiger partial charge on any atom is -0.481 e. The number of carbonyl (C=O) groups is 3. The predicted molar refractivity (Wildman–Crippen MR) is 137 cm³/mol. The molecule has 3 N–H and O–H groups in total. The third kappa shape index (κ3) is 5.56. The van der Waals surface area contributed by atoms with E-state index in [-0.39, 0.29) is 25.4 Å². The van der Waals surface area contributed by atoms with Gasteiger partial charge in [-0.2, -0.15) is 0 Å². The van der Waals surface area contributed by atoms with Crippen LogP contribution in [0.15, 0.2) is 72.8 Å². The van der Waals surface area contributed by atoms with E-state index in [2.05, 4.69) is 33.2 Å². The second-order valence-electron chi connectivity index (χ2n) is 7.95. The Morgan fingerprint density at radius 2 is 1.50 bits per heavy atom. The van der Waals surface area contributed by atoms with Crippen LogP contribution < -0.4 is 10.6 Å². The van der Waals surface area contributed by atoms with E-state index < -0.39 is 24.0 Å². The first kappa shape index (κ1) is 23.7. The van der Waals surface area contributed by atoms with Crippen molar-refractivity contribution in [2.24, 2.45) is 0 Å². The van der Waals surface area contributed by atoms with Gasteiger partial charge in [0.2, 0.25) is 5.91 Å². The summed E-state index contributed by atoms with van der Waals surface area (Å²) in [6.07, 6.45) is -1.10. The molecule has 0 radical (unpaired) electrons. The van der Waals surface area contributed by atoms with Crippen molar-refractivity contribution in [1.82, 2.24) is 5.32 Å². The summed E-state index contributed by atoms with van der Waals surface area (Å²) in [6, 6.07) is 22.1. The van der Waals surface area contributed by atoms with Gasteiger partial charge in [0, 0.05) is 21.6 Å². The van der Waals surface area contributed by atoms with E-state index in [0.717, 1.165) is 25.8 Å². The van der Waals surface area contributed by atoms with Gasteiger partial charge in [0.1, 0.15) is 12.6 Å². The van der Waals surface area contributed by atoms with E-state index in [1.54, 1.807) is 12.1 Å². The van der Waals surface area contributed by atoms with Crippen LogP contribution in [0, 0.1) is 3.57 Å². The topological polar surface area (TPSA) is 105 Å². The molecule has 7 nitrogen and oxygen atoms in total. The summed E-state index contributed by atoms with van der Waals surface area (Å²) in [6.45, 7) is 0.101. The third-order valence-electron chi connectivity index (χ3n) is 5.71. The fourth-order valence-corrected chi connectivity index (χ4v) is 4.44. The molecule has 174 valence electrons. The molecule has 8 heteroatoms. The number of halogens is 1. The zero-order valence-corrected chi connectivity index (χ0v) is 20.3. The molecule has 0 saturated heterocycles. The molecule has 34 heavy (non-hydrogen) atoms. The first-order chi connectivity index (χ1) is 16.4. The van der Waals surface area contributed by atoms with Crippen LogP contribution in [0.1, 0.15) is 29.9 Å². The zero-order valence-electron chi connectivity index (χ0n) is 18.2. The molecular formula is C26H23IN2O5. The number of fused-ring (bicyclic) bond motifs is 3. The van der Waals surface area contributed by atoms with Crippen molar-refractivity contribution in [3.63, 3.8) is 0 Å². The standard InChI is InChI=1S/C26H23IN2O5/c27-16-9-11-17(12-10-16)28-25(32)23(13-14-24(30)31)29-26(33)34-15-22-20-7-3-1-5-18(20)19-6-2-4-8-21(19)22/h1-12,22-23H,13-15H2,(H,28,32)(H,29,33)(H,30,31). The molecular weight excluding hydrogens is 547 g/mol. The van der Waals surface area contributed by atoms with Crippen LogP contribution in [-0.4, -0.2) is 35.7 Å². The first-order valence-corrected chi connectivity index (χ1v) is 11.9. The number of benzene rings is 3. The summed E-state index contributed by atoms with van der Waals surface area (Å²) in [7, 11) is 0. The zero-order chi connectivity index (χ0) is 24.1. The van der Waals surface area contributed by atoms with Gasteiger partial charge in [-0.1, -0.05) is 48.5 Å². The molecule has 0 heterocycles. The highest BCUT2D eigenvalue weighted by Gasteiger charge is 2.30. The highest BCUT2D eigenvalue weighted by Crippen LogP contribution is 2.44. The van der Waals surface area contributed by atoms with Crippen LogP contribution in [0.3, 0.4) is 0 Å². The van der Waals surface area contributed by atoms with Crippen molar-refractivity contribution >= 4 is 46.2 Å². The van der Waals surface area contributed by atoms with Crippen LogP contribution in [0.25, 0.3) is 11.1 Å². The molecule has 0 aromatic heterocycles. The number of aliphatic carboxylic acids is 1. The van der Waals surface area contributed by atoms with Crippen molar-refractivity contribution < 1.29 is 24.2 Å². The van der Waals surface area contributed by atoms with Gasteiger partial charge in [-0.25, -0.2) is 4.79 Å². The van der Waals surface area contributed by atoms with Gasteiger partial charge in [0.15, 0.2) is 0 Å². The lowest BCUT2D eigenvalue weighted by atomic mass is 9.98. The molecule has 0 fully saturated rings. The lowest BCUT2D eigenvalue weighted by Gasteiger charge is -2.19. The van der Waals surface area contributed by atoms with E-state index in [4.69, 9.17) is 9.84 Å². The molecule has 0 spiro atoms. The van der Waals surface area contributed by atoms with Crippen LogP contribution in [0.2, 0.25) is 0 Å². The van der Waals surface area contributed by atoms with Gasteiger partial charge in [0.05, 0.1) is 0 Å². The molecule has 3 aromatic carbocycles. The molecule has 1 aliphatic carbocycles. The molecule has 1 aliphatic rings. The lowest BCUT2D eigenvalue weighted by Crippen LogP contribution is -2.44. The molecule has 3 aromatic rings.